The average molecular weight is 286 g/mol. The second-order valence-corrected chi connectivity index (χ2v) is 5.12. The number of carbonyl (C=O) groups excluding carboxylic acids is 1. The van der Waals surface area contributed by atoms with E-state index in [-0.39, 0.29) is 28.6 Å². The van der Waals surface area contributed by atoms with Crippen LogP contribution in [0, 0.1) is 20.8 Å². The maximum absolute atomic E-state index is 12.3. The van der Waals surface area contributed by atoms with Crippen LogP contribution in [0.1, 0.15) is 27.0 Å². The first kappa shape index (κ1) is 13.3. The number of hydrogen-bond donors (Lipinski definition) is 2. The number of benzene rings is 2. The third-order valence-corrected chi connectivity index (χ3v) is 3.54. The molecule has 1 aliphatic heterocycles. The van der Waals surface area contributed by atoms with Crippen molar-refractivity contribution in [1.82, 2.24) is 0 Å². The van der Waals surface area contributed by atoms with Gasteiger partial charge in [-0.3, -0.25) is 0 Å². The Labute approximate surface area is 121 Å². The Bertz CT molecular complexity index is 777. The van der Waals surface area contributed by atoms with Crippen LogP contribution in [0.3, 0.4) is 0 Å². The van der Waals surface area contributed by atoms with E-state index in [1.165, 1.54) is 18.2 Å². The van der Waals surface area contributed by atoms with Gasteiger partial charge in [0.1, 0.15) is 22.8 Å². The van der Waals surface area contributed by atoms with Crippen LogP contribution >= 0.6 is 0 Å². The smallest absolute Gasteiger partial charge is 0.347 e. The van der Waals surface area contributed by atoms with E-state index in [1.807, 2.05) is 0 Å². The summed E-state index contributed by atoms with van der Waals surface area (Å²) in [7, 11) is 0. The van der Waals surface area contributed by atoms with Gasteiger partial charge in [0.2, 0.25) is 0 Å². The third kappa shape index (κ3) is 1.98. The van der Waals surface area contributed by atoms with Crippen molar-refractivity contribution in [3.63, 3.8) is 0 Å². The molecule has 0 saturated heterocycles. The number of rotatable bonds is 0. The molecule has 0 spiro atoms. The predicted octanol–water partition coefficient (Wildman–Crippen LogP) is 3.35. The molecule has 0 amide bonds. The molecular weight excluding hydrogens is 272 g/mol. The summed E-state index contributed by atoms with van der Waals surface area (Å²) in [4.78, 5) is 12.3. The maximum atomic E-state index is 12.3. The number of phenolic OH excluding ortho intramolecular Hbond substituents is 2. The van der Waals surface area contributed by atoms with Crippen molar-refractivity contribution in [2.75, 3.05) is 0 Å². The van der Waals surface area contributed by atoms with Crippen LogP contribution in [-0.2, 0) is 0 Å². The van der Waals surface area contributed by atoms with Gasteiger partial charge in [-0.05, 0) is 44.0 Å². The molecule has 0 bridgehead atoms. The molecule has 0 atom stereocenters. The van der Waals surface area contributed by atoms with Gasteiger partial charge in [0.05, 0.1) is 0 Å². The topological polar surface area (TPSA) is 76.0 Å². The fraction of sp³-hybridized carbons (Fsp3) is 0.188. The molecule has 2 N–H and O–H groups in total. The standard InChI is InChI=1S/C16H14O5/c1-7-5-11(18)9(3)15-13(7)16(19)20-12-6-10(17)4-8(2)14(12)21-15/h4-6,17-18H,1-3H3. The van der Waals surface area contributed by atoms with E-state index < -0.39 is 5.97 Å². The van der Waals surface area contributed by atoms with Crippen LogP contribution in [0.4, 0.5) is 0 Å². The lowest BCUT2D eigenvalue weighted by atomic mass is 10.0. The minimum Gasteiger partial charge on any atom is -0.508 e. The first-order valence-corrected chi connectivity index (χ1v) is 6.45. The molecule has 0 radical (unpaired) electrons. The Morgan fingerprint density at radius 2 is 1.62 bits per heavy atom. The van der Waals surface area contributed by atoms with Crippen LogP contribution in [0.5, 0.6) is 28.7 Å². The molecule has 108 valence electrons. The summed E-state index contributed by atoms with van der Waals surface area (Å²) < 4.78 is 11.1. The molecule has 5 heteroatoms. The van der Waals surface area contributed by atoms with Gasteiger partial charge in [-0.1, -0.05) is 0 Å². The molecule has 0 aliphatic carbocycles. The largest absolute Gasteiger partial charge is 0.508 e. The second kappa shape index (κ2) is 4.41. The number of ether oxygens (including phenoxy) is 2. The molecular formula is C16H14O5. The average Bonchev–Trinajstić information content (AvgIpc) is 2.52. The SMILES string of the molecule is Cc1cc(O)cc2c1Oc1c(C)c(O)cc(C)c1C(=O)O2. The Balaban J connectivity index is 2.31. The van der Waals surface area contributed by atoms with Crippen LogP contribution < -0.4 is 9.47 Å². The van der Waals surface area contributed by atoms with Crippen molar-refractivity contribution >= 4 is 5.97 Å². The van der Waals surface area contributed by atoms with Gasteiger partial charge in [-0.2, -0.15) is 0 Å². The Morgan fingerprint density at radius 1 is 0.905 bits per heavy atom. The summed E-state index contributed by atoms with van der Waals surface area (Å²) in [5.74, 6) is 0.267. The van der Waals surface area contributed by atoms with Crippen molar-refractivity contribution < 1.29 is 24.5 Å². The van der Waals surface area contributed by atoms with Crippen LogP contribution in [0.15, 0.2) is 18.2 Å². The molecule has 0 fully saturated rings. The fourth-order valence-corrected chi connectivity index (χ4v) is 2.43. The van der Waals surface area contributed by atoms with E-state index >= 15 is 0 Å². The zero-order chi connectivity index (χ0) is 15.3. The van der Waals surface area contributed by atoms with Crippen molar-refractivity contribution in [2.45, 2.75) is 20.8 Å². The molecule has 21 heavy (non-hydrogen) atoms. The third-order valence-electron chi connectivity index (χ3n) is 3.54. The summed E-state index contributed by atoms with van der Waals surface area (Å²) in [6, 6.07) is 4.35. The van der Waals surface area contributed by atoms with Gasteiger partial charge < -0.3 is 19.7 Å². The quantitative estimate of drug-likeness (QED) is 0.573. The maximum Gasteiger partial charge on any atom is 0.347 e. The van der Waals surface area contributed by atoms with Gasteiger partial charge in [-0.15, -0.1) is 0 Å². The van der Waals surface area contributed by atoms with E-state index in [4.69, 9.17) is 9.47 Å². The van der Waals surface area contributed by atoms with E-state index in [9.17, 15) is 15.0 Å². The van der Waals surface area contributed by atoms with Crippen molar-refractivity contribution in [3.8, 4) is 28.7 Å². The number of aryl methyl sites for hydroxylation is 2. The van der Waals surface area contributed by atoms with Gasteiger partial charge in [0.25, 0.3) is 0 Å². The molecule has 0 aromatic heterocycles. The Kier molecular flexibility index (Phi) is 2.79. The summed E-state index contributed by atoms with van der Waals surface area (Å²) in [5, 5.41) is 19.6. The molecule has 2 aromatic rings. The van der Waals surface area contributed by atoms with Crippen LogP contribution in [0.25, 0.3) is 0 Å². The van der Waals surface area contributed by atoms with E-state index in [2.05, 4.69) is 0 Å². The zero-order valence-corrected chi connectivity index (χ0v) is 11.9. The van der Waals surface area contributed by atoms with Gasteiger partial charge in [-0.25, -0.2) is 4.79 Å². The first-order chi connectivity index (χ1) is 9.88. The summed E-state index contributed by atoms with van der Waals surface area (Å²) in [6.45, 7) is 5.10. The summed E-state index contributed by atoms with van der Waals surface area (Å²) in [5.41, 5.74) is 1.94. The molecule has 2 aromatic carbocycles. The monoisotopic (exact) mass is 286 g/mol. The normalized spacial score (nSPS) is 12.8. The number of phenols is 2. The highest BCUT2D eigenvalue weighted by Crippen LogP contribution is 2.45. The summed E-state index contributed by atoms with van der Waals surface area (Å²) >= 11 is 0. The lowest BCUT2D eigenvalue weighted by molar-refractivity contribution is 0.0736. The highest BCUT2D eigenvalue weighted by Gasteiger charge is 2.29. The molecule has 1 heterocycles. The fourth-order valence-electron chi connectivity index (χ4n) is 2.43. The van der Waals surface area contributed by atoms with Gasteiger partial charge >= 0.3 is 5.97 Å². The molecule has 0 unspecified atom stereocenters. The van der Waals surface area contributed by atoms with Crippen molar-refractivity contribution in [2.24, 2.45) is 0 Å². The minimum atomic E-state index is -0.575. The van der Waals surface area contributed by atoms with Gasteiger partial charge in [0.15, 0.2) is 11.5 Å². The Morgan fingerprint density at radius 3 is 2.33 bits per heavy atom. The van der Waals surface area contributed by atoms with E-state index in [0.29, 0.717) is 22.4 Å². The number of esters is 1. The van der Waals surface area contributed by atoms with Gasteiger partial charge in [0, 0.05) is 11.6 Å². The molecule has 1 aliphatic rings. The molecule has 5 nitrogen and oxygen atoms in total. The molecule has 0 saturated carbocycles. The number of fused-ring (bicyclic) bond motifs is 2. The predicted molar refractivity (Wildman–Crippen MR) is 75.5 cm³/mol. The van der Waals surface area contributed by atoms with E-state index in [1.54, 1.807) is 20.8 Å². The van der Waals surface area contributed by atoms with Crippen LogP contribution in [-0.4, -0.2) is 16.2 Å². The summed E-state index contributed by atoms with van der Waals surface area (Å²) in [6.07, 6.45) is 0. The lowest BCUT2D eigenvalue weighted by Gasteiger charge is -2.13. The lowest BCUT2D eigenvalue weighted by Crippen LogP contribution is -2.09. The number of aromatic hydroxyl groups is 2. The second-order valence-electron chi connectivity index (χ2n) is 5.12. The number of carbonyl (C=O) groups is 1. The van der Waals surface area contributed by atoms with Crippen LogP contribution in [0.2, 0.25) is 0 Å². The highest BCUT2D eigenvalue weighted by molar-refractivity contribution is 5.98. The first-order valence-electron chi connectivity index (χ1n) is 6.45. The number of hydrogen-bond acceptors (Lipinski definition) is 5. The molecule has 3 rings (SSSR count). The minimum absolute atomic E-state index is 0.00935. The zero-order valence-electron chi connectivity index (χ0n) is 11.9. The highest BCUT2D eigenvalue weighted by atomic mass is 16.6. The van der Waals surface area contributed by atoms with Crippen molar-refractivity contribution in [3.05, 3.63) is 40.5 Å². The Hall–Kier alpha value is -2.69. The van der Waals surface area contributed by atoms with E-state index in [0.717, 1.165) is 0 Å². The van der Waals surface area contributed by atoms with Crippen molar-refractivity contribution in [1.29, 1.82) is 0 Å².